The van der Waals surface area contributed by atoms with E-state index in [1.165, 1.54) is 19.2 Å². The fourth-order valence-electron chi connectivity index (χ4n) is 1.84. The maximum Gasteiger partial charge on any atom is 0.289 e. The molecule has 10 nitrogen and oxygen atoms in total. The van der Waals surface area contributed by atoms with Crippen molar-refractivity contribution in [2.24, 2.45) is 5.73 Å². The zero-order chi connectivity index (χ0) is 18.2. The van der Waals surface area contributed by atoms with Crippen LogP contribution in [0.25, 0.3) is 0 Å². The Morgan fingerprint density at radius 3 is 2.62 bits per heavy atom. The predicted molar refractivity (Wildman–Crippen MR) is 85.8 cm³/mol. The SMILES string of the molecule is COC(CN)CC(=O)NCCNS(=O)(=O)c1ccccc1[N+](=O)[O-]. The molecule has 134 valence electrons. The molecule has 0 aliphatic rings. The lowest BCUT2D eigenvalue weighted by molar-refractivity contribution is -0.387. The molecule has 1 atom stereocenters. The monoisotopic (exact) mass is 360 g/mol. The molecule has 0 saturated heterocycles. The Morgan fingerprint density at radius 1 is 1.38 bits per heavy atom. The van der Waals surface area contributed by atoms with Crippen molar-refractivity contribution in [3.63, 3.8) is 0 Å². The summed E-state index contributed by atoms with van der Waals surface area (Å²) in [5.41, 5.74) is 4.88. The van der Waals surface area contributed by atoms with Crippen molar-refractivity contribution in [3.05, 3.63) is 34.4 Å². The molecule has 1 aromatic rings. The number of para-hydroxylation sites is 1. The van der Waals surface area contributed by atoms with Crippen LogP contribution in [0.4, 0.5) is 5.69 Å². The molecule has 11 heteroatoms. The fourth-order valence-corrected chi connectivity index (χ4v) is 3.04. The zero-order valence-electron chi connectivity index (χ0n) is 13.1. The van der Waals surface area contributed by atoms with Gasteiger partial charge < -0.3 is 15.8 Å². The number of hydrogen-bond donors (Lipinski definition) is 3. The summed E-state index contributed by atoms with van der Waals surface area (Å²) in [6.45, 7) is 0.105. The minimum absolute atomic E-state index is 0.0275. The van der Waals surface area contributed by atoms with Crippen LogP contribution in [0.2, 0.25) is 0 Å². The smallest absolute Gasteiger partial charge is 0.289 e. The number of carbonyl (C=O) groups excluding carboxylic acids is 1. The Balaban J connectivity index is 2.56. The van der Waals surface area contributed by atoms with Crippen molar-refractivity contribution in [1.82, 2.24) is 10.0 Å². The number of sulfonamides is 1. The number of nitro groups is 1. The van der Waals surface area contributed by atoms with Crippen molar-refractivity contribution in [3.8, 4) is 0 Å². The van der Waals surface area contributed by atoms with E-state index in [-0.39, 0.29) is 32.0 Å². The van der Waals surface area contributed by atoms with Gasteiger partial charge in [0.05, 0.1) is 17.4 Å². The van der Waals surface area contributed by atoms with Crippen LogP contribution in [-0.2, 0) is 19.6 Å². The highest BCUT2D eigenvalue weighted by atomic mass is 32.2. The van der Waals surface area contributed by atoms with Gasteiger partial charge in [0, 0.05) is 32.8 Å². The molecule has 0 aromatic heterocycles. The highest BCUT2D eigenvalue weighted by molar-refractivity contribution is 7.89. The number of hydrogen-bond acceptors (Lipinski definition) is 7. The molecule has 0 heterocycles. The van der Waals surface area contributed by atoms with Crippen molar-refractivity contribution >= 4 is 21.6 Å². The van der Waals surface area contributed by atoms with Gasteiger partial charge in [-0.2, -0.15) is 0 Å². The van der Waals surface area contributed by atoms with Crippen LogP contribution in [0.5, 0.6) is 0 Å². The molecule has 0 radical (unpaired) electrons. The van der Waals surface area contributed by atoms with E-state index in [1.54, 1.807) is 0 Å². The molecule has 1 rings (SSSR count). The summed E-state index contributed by atoms with van der Waals surface area (Å²) in [6, 6.07) is 5.01. The van der Waals surface area contributed by atoms with E-state index >= 15 is 0 Å². The molecule has 0 saturated carbocycles. The van der Waals surface area contributed by atoms with Crippen molar-refractivity contribution in [2.45, 2.75) is 17.4 Å². The van der Waals surface area contributed by atoms with E-state index in [4.69, 9.17) is 10.5 Å². The van der Waals surface area contributed by atoms with Gasteiger partial charge in [0.2, 0.25) is 15.9 Å². The van der Waals surface area contributed by atoms with Gasteiger partial charge in [0.25, 0.3) is 5.69 Å². The maximum atomic E-state index is 12.1. The quantitative estimate of drug-likeness (QED) is 0.285. The average molecular weight is 360 g/mol. The summed E-state index contributed by atoms with van der Waals surface area (Å²) in [4.78, 5) is 21.3. The van der Waals surface area contributed by atoms with Crippen LogP contribution in [0.15, 0.2) is 29.2 Å². The molecular weight excluding hydrogens is 340 g/mol. The third-order valence-corrected chi connectivity index (χ3v) is 4.61. The van der Waals surface area contributed by atoms with Gasteiger partial charge >= 0.3 is 0 Å². The lowest BCUT2D eigenvalue weighted by atomic mass is 10.2. The van der Waals surface area contributed by atoms with Gasteiger partial charge in [0.1, 0.15) is 0 Å². The van der Waals surface area contributed by atoms with Crippen molar-refractivity contribution in [2.75, 3.05) is 26.7 Å². The summed E-state index contributed by atoms with van der Waals surface area (Å²) in [7, 11) is -2.62. The zero-order valence-corrected chi connectivity index (χ0v) is 13.9. The van der Waals surface area contributed by atoms with E-state index in [0.717, 1.165) is 12.1 Å². The molecule has 24 heavy (non-hydrogen) atoms. The third-order valence-electron chi connectivity index (χ3n) is 3.10. The van der Waals surface area contributed by atoms with E-state index in [2.05, 4.69) is 10.0 Å². The molecule has 1 aromatic carbocycles. The first-order valence-corrected chi connectivity index (χ1v) is 8.52. The number of methoxy groups -OCH3 is 1. The first-order valence-electron chi connectivity index (χ1n) is 7.04. The Morgan fingerprint density at radius 2 is 2.04 bits per heavy atom. The number of benzene rings is 1. The standard InChI is InChI=1S/C13H20N4O6S/c1-23-10(9-14)8-13(18)15-6-7-16-24(21,22)12-5-3-2-4-11(12)17(19)20/h2-5,10,16H,6-9,14H2,1H3,(H,15,18). The normalized spacial score (nSPS) is 12.6. The summed E-state index contributed by atoms with van der Waals surface area (Å²) in [5.74, 6) is -0.336. The molecule has 0 aliphatic heterocycles. The van der Waals surface area contributed by atoms with Gasteiger partial charge in [-0.15, -0.1) is 0 Å². The lowest BCUT2D eigenvalue weighted by Gasteiger charge is -2.13. The average Bonchev–Trinajstić information content (AvgIpc) is 2.56. The number of nitro benzene ring substituents is 1. The molecule has 0 aliphatic carbocycles. The first kappa shape index (κ1) is 20.0. The van der Waals surface area contributed by atoms with E-state index < -0.39 is 31.6 Å². The number of carbonyl (C=O) groups is 1. The number of nitrogens with zero attached hydrogens (tertiary/aromatic N) is 1. The number of nitrogens with two attached hydrogens (primary N) is 1. The number of amides is 1. The molecular formula is C13H20N4O6S. The van der Waals surface area contributed by atoms with Crippen LogP contribution >= 0.6 is 0 Å². The molecule has 0 bridgehead atoms. The Kier molecular flexibility index (Phi) is 7.71. The van der Waals surface area contributed by atoms with E-state index in [9.17, 15) is 23.3 Å². The third kappa shape index (κ3) is 5.85. The maximum absolute atomic E-state index is 12.1. The fraction of sp³-hybridized carbons (Fsp3) is 0.462. The summed E-state index contributed by atoms with van der Waals surface area (Å²) in [5, 5.41) is 13.4. The highest BCUT2D eigenvalue weighted by Gasteiger charge is 2.24. The van der Waals surface area contributed by atoms with Gasteiger partial charge in [-0.1, -0.05) is 12.1 Å². The second-order valence-electron chi connectivity index (χ2n) is 4.77. The molecule has 1 amide bonds. The van der Waals surface area contributed by atoms with Gasteiger partial charge in [0.15, 0.2) is 4.90 Å². The summed E-state index contributed by atoms with van der Waals surface area (Å²) < 4.78 is 31.4. The van der Waals surface area contributed by atoms with E-state index in [1.807, 2.05) is 0 Å². The second-order valence-corrected chi connectivity index (χ2v) is 6.51. The van der Waals surface area contributed by atoms with Gasteiger partial charge in [-0.05, 0) is 6.07 Å². The largest absolute Gasteiger partial charge is 0.380 e. The van der Waals surface area contributed by atoms with Crippen LogP contribution in [-0.4, -0.2) is 52.1 Å². The van der Waals surface area contributed by atoms with Crippen LogP contribution in [0.1, 0.15) is 6.42 Å². The molecule has 0 spiro atoms. The Bertz CT molecular complexity index is 675. The molecule has 4 N–H and O–H groups in total. The summed E-state index contributed by atoms with van der Waals surface area (Å²) >= 11 is 0. The summed E-state index contributed by atoms with van der Waals surface area (Å²) in [6.07, 6.45) is -0.349. The Hall–Kier alpha value is -2.08. The predicted octanol–water partition coefficient (Wildman–Crippen LogP) is -0.647. The van der Waals surface area contributed by atoms with Crippen LogP contribution in [0.3, 0.4) is 0 Å². The van der Waals surface area contributed by atoms with Crippen LogP contribution < -0.4 is 15.8 Å². The first-order chi connectivity index (χ1) is 11.3. The minimum atomic E-state index is -4.05. The van der Waals surface area contributed by atoms with E-state index in [0.29, 0.717) is 0 Å². The number of nitrogens with one attached hydrogen (secondary N) is 2. The molecule has 1 unspecified atom stereocenters. The number of ether oxygens (including phenoxy) is 1. The van der Waals surface area contributed by atoms with Crippen molar-refractivity contribution < 1.29 is 22.9 Å². The number of rotatable bonds is 10. The Labute approximate surface area is 139 Å². The topological polar surface area (TPSA) is 154 Å². The molecule has 0 fully saturated rings. The second kappa shape index (κ2) is 9.27. The lowest BCUT2D eigenvalue weighted by Crippen LogP contribution is -2.37. The van der Waals surface area contributed by atoms with Crippen LogP contribution in [0, 0.1) is 10.1 Å². The highest BCUT2D eigenvalue weighted by Crippen LogP contribution is 2.22. The van der Waals surface area contributed by atoms with Gasteiger partial charge in [-0.25, -0.2) is 13.1 Å². The van der Waals surface area contributed by atoms with Gasteiger partial charge in [-0.3, -0.25) is 14.9 Å². The minimum Gasteiger partial charge on any atom is -0.380 e. The van der Waals surface area contributed by atoms with Crippen molar-refractivity contribution in [1.29, 1.82) is 0 Å².